The molecule has 3 rings (SSSR count). The summed E-state index contributed by atoms with van der Waals surface area (Å²) in [5.74, 6) is 0. The van der Waals surface area contributed by atoms with Gasteiger partial charge in [0.2, 0.25) is 0 Å². The van der Waals surface area contributed by atoms with Gasteiger partial charge in [-0.2, -0.15) is 0 Å². The Kier molecular flexibility index (Phi) is 4.18. The summed E-state index contributed by atoms with van der Waals surface area (Å²) < 4.78 is 1.06. The molecule has 3 aromatic rings. The van der Waals surface area contributed by atoms with E-state index in [-0.39, 0.29) is 5.56 Å². The standard InChI is InChI=1S/C17H15BrN2O/c18-15-6-3-4-12(8-15)10-19-11-14-9-13-5-1-2-7-16(13)20-17(14)21/h1-9,19H,10-11H2,(H,20,21). The van der Waals surface area contributed by atoms with Gasteiger partial charge in [-0.05, 0) is 35.2 Å². The van der Waals surface area contributed by atoms with E-state index in [1.54, 1.807) is 0 Å². The van der Waals surface area contributed by atoms with E-state index in [9.17, 15) is 4.79 Å². The Labute approximate surface area is 131 Å². The molecular weight excluding hydrogens is 328 g/mol. The Morgan fingerprint density at radius 1 is 1.00 bits per heavy atom. The van der Waals surface area contributed by atoms with Crippen molar-refractivity contribution < 1.29 is 0 Å². The largest absolute Gasteiger partial charge is 0.322 e. The number of H-pyrrole nitrogens is 1. The molecule has 0 fully saturated rings. The molecule has 0 saturated heterocycles. The summed E-state index contributed by atoms with van der Waals surface area (Å²) >= 11 is 3.45. The predicted octanol–water partition coefficient (Wildman–Crippen LogP) is 3.58. The van der Waals surface area contributed by atoms with E-state index in [0.717, 1.165) is 27.5 Å². The highest BCUT2D eigenvalue weighted by Gasteiger charge is 2.02. The fraction of sp³-hybridized carbons (Fsp3) is 0.118. The first-order chi connectivity index (χ1) is 10.2. The third kappa shape index (κ3) is 3.40. The lowest BCUT2D eigenvalue weighted by molar-refractivity contribution is 0.688. The zero-order chi connectivity index (χ0) is 14.7. The third-order valence-corrected chi connectivity index (χ3v) is 3.86. The molecule has 1 heterocycles. The van der Waals surface area contributed by atoms with Crippen molar-refractivity contribution in [3.63, 3.8) is 0 Å². The quantitative estimate of drug-likeness (QED) is 0.761. The van der Waals surface area contributed by atoms with Gasteiger partial charge in [-0.25, -0.2) is 0 Å². The summed E-state index contributed by atoms with van der Waals surface area (Å²) in [6, 6.07) is 17.9. The summed E-state index contributed by atoms with van der Waals surface area (Å²) in [5, 5.41) is 4.36. The Morgan fingerprint density at radius 2 is 1.86 bits per heavy atom. The van der Waals surface area contributed by atoms with Gasteiger partial charge in [-0.3, -0.25) is 4.79 Å². The van der Waals surface area contributed by atoms with E-state index in [1.807, 2.05) is 42.5 Å². The van der Waals surface area contributed by atoms with Crippen LogP contribution in [-0.4, -0.2) is 4.98 Å². The van der Waals surface area contributed by atoms with Crippen molar-refractivity contribution in [1.29, 1.82) is 0 Å². The van der Waals surface area contributed by atoms with E-state index < -0.39 is 0 Å². The van der Waals surface area contributed by atoms with E-state index in [2.05, 4.69) is 38.4 Å². The SMILES string of the molecule is O=c1[nH]c2ccccc2cc1CNCc1cccc(Br)c1. The van der Waals surface area contributed by atoms with Crippen LogP contribution in [0.2, 0.25) is 0 Å². The van der Waals surface area contributed by atoms with Crippen LogP contribution in [-0.2, 0) is 13.1 Å². The molecular formula is C17H15BrN2O. The molecule has 0 aliphatic rings. The number of aromatic nitrogens is 1. The van der Waals surface area contributed by atoms with Gasteiger partial charge < -0.3 is 10.3 Å². The molecule has 4 heteroatoms. The maximum absolute atomic E-state index is 12.0. The van der Waals surface area contributed by atoms with Gasteiger partial charge in [0.25, 0.3) is 5.56 Å². The molecule has 0 saturated carbocycles. The van der Waals surface area contributed by atoms with E-state index in [1.165, 1.54) is 5.56 Å². The molecule has 0 bridgehead atoms. The van der Waals surface area contributed by atoms with Gasteiger partial charge in [0, 0.05) is 28.6 Å². The molecule has 2 aromatic carbocycles. The zero-order valence-electron chi connectivity index (χ0n) is 11.4. The summed E-state index contributed by atoms with van der Waals surface area (Å²) in [7, 11) is 0. The fourth-order valence-corrected chi connectivity index (χ4v) is 2.76. The lowest BCUT2D eigenvalue weighted by Crippen LogP contribution is -2.20. The maximum Gasteiger partial charge on any atom is 0.252 e. The van der Waals surface area contributed by atoms with Crippen molar-refractivity contribution in [3.05, 3.63) is 80.6 Å². The smallest absolute Gasteiger partial charge is 0.252 e. The number of para-hydroxylation sites is 1. The van der Waals surface area contributed by atoms with E-state index in [0.29, 0.717) is 6.54 Å². The van der Waals surface area contributed by atoms with Crippen molar-refractivity contribution in [3.8, 4) is 0 Å². The van der Waals surface area contributed by atoms with E-state index >= 15 is 0 Å². The first kappa shape index (κ1) is 14.0. The Morgan fingerprint density at radius 3 is 2.71 bits per heavy atom. The zero-order valence-corrected chi connectivity index (χ0v) is 13.0. The van der Waals surface area contributed by atoms with Crippen molar-refractivity contribution in [2.24, 2.45) is 0 Å². The fourth-order valence-electron chi connectivity index (χ4n) is 2.31. The van der Waals surface area contributed by atoms with Crippen LogP contribution in [0.15, 0.2) is 63.9 Å². The first-order valence-corrected chi connectivity index (χ1v) is 7.58. The summed E-state index contributed by atoms with van der Waals surface area (Å²) in [5.41, 5.74) is 2.78. The molecule has 0 unspecified atom stereocenters. The third-order valence-electron chi connectivity index (χ3n) is 3.36. The summed E-state index contributed by atoms with van der Waals surface area (Å²) in [6.07, 6.45) is 0. The molecule has 3 nitrogen and oxygen atoms in total. The number of nitrogens with one attached hydrogen (secondary N) is 2. The van der Waals surface area contributed by atoms with Crippen molar-refractivity contribution in [1.82, 2.24) is 10.3 Å². The number of aromatic amines is 1. The van der Waals surface area contributed by atoms with Crippen LogP contribution in [0.25, 0.3) is 10.9 Å². The molecule has 0 aliphatic carbocycles. The summed E-state index contributed by atoms with van der Waals surface area (Å²) in [4.78, 5) is 14.9. The average Bonchev–Trinajstić information content (AvgIpc) is 2.48. The molecule has 0 radical (unpaired) electrons. The van der Waals surface area contributed by atoms with Crippen LogP contribution >= 0.6 is 15.9 Å². The van der Waals surface area contributed by atoms with Crippen LogP contribution in [0.5, 0.6) is 0 Å². The van der Waals surface area contributed by atoms with Gasteiger partial charge in [0.05, 0.1) is 0 Å². The Bertz CT molecular complexity index is 826. The first-order valence-electron chi connectivity index (χ1n) is 6.78. The number of rotatable bonds is 4. The number of benzene rings is 2. The second-order valence-electron chi connectivity index (χ2n) is 4.94. The van der Waals surface area contributed by atoms with Crippen molar-refractivity contribution in [2.75, 3.05) is 0 Å². The highest BCUT2D eigenvalue weighted by Crippen LogP contribution is 2.12. The second-order valence-corrected chi connectivity index (χ2v) is 5.86. The Hall–Kier alpha value is -1.91. The van der Waals surface area contributed by atoms with Crippen LogP contribution in [0.1, 0.15) is 11.1 Å². The molecule has 0 amide bonds. The van der Waals surface area contributed by atoms with Crippen LogP contribution in [0, 0.1) is 0 Å². The lowest BCUT2D eigenvalue weighted by Gasteiger charge is -2.06. The molecule has 0 spiro atoms. The molecule has 0 aliphatic heterocycles. The maximum atomic E-state index is 12.0. The molecule has 106 valence electrons. The van der Waals surface area contributed by atoms with Gasteiger partial charge in [-0.15, -0.1) is 0 Å². The van der Waals surface area contributed by atoms with Crippen LogP contribution in [0.3, 0.4) is 0 Å². The van der Waals surface area contributed by atoms with E-state index in [4.69, 9.17) is 0 Å². The second kappa shape index (κ2) is 6.24. The van der Waals surface area contributed by atoms with Crippen LogP contribution in [0.4, 0.5) is 0 Å². The van der Waals surface area contributed by atoms with Crippen molar-refractivity contribution in [2.45, 2.75) is 13.1 Å². The molecule has 1 aromatic heterocycles. The lowest BCUT2D eigenvalue weighted by atomic mass is 10.1. The minimum Gasteiger partial charge on any atom is -0.322 e. The molecule has 21 heavy (non-hydrogen) atoms. The van der Waals surface area contributed by atoms with Gasteiger partial charge >= 0.3 is 0 Å². The highest BCUT2D eigenvalue weighted by atomic mass is 79.9. The minimum atomic E-state index is -0.0320. The predicted molar refractivity (Wildman–Crippen MR) is 89.3 cm³/mol. The minimum absolute atomic E-state index is 0.0320. The average molecular weight is 343 g/mol. The number of pyridine rings is 1. The number of hydrogen-bond donors (Lipinski definition) is 2. The van der Waals surface area contributed by atoms with Gasteiger partial charge in [0.15, 0.2) is 0 Å². The Balaban J connectivity index is 1.73. The highest BCUT2D eigenvalue weighted by molar-refractivity contribution is 9.10. The summed E-state index contributed by atoms with van der Waals surface area (Å²) in [6.45, 7) is 1.28. The van der Waals surface area contributed by atoms with Crippen LogP contribution < -0.4 is 10.9 Å². The molecule has 0 atom stereocenters. The van der Waals surface area contributed by atoms with Gasteiger partial charge in [-0.1, -0.05) is 46.3 Å². The van der Waals surface area contributed by atoms with Crippen molar-refractivity contribution >= 4 is 26.8 Å². The number of hydrogen-bond acceptors (Lipinski definition) is 2. The molecule has 2 N–H and O–H groups in total. The number of fused-ring (bicyclic) bond motifs is 1. The normalized spacial score (nSPS) is 10.9. The number of halogens is 1. The monoisotopic (exact) mass is 342 g/mol. The topological polar surface area (TPSA) is 44.9 Å². The van der Waals surface area contributed by atoms with Gasteiger partial charge in [0.1, 0.15) is 0 Å².